The molecule has 0 saturated carbocycles. The van der Waals surface area contributed by atoms with E-state index in [0.717, 1.165) is 37.1 Å². The van der Waals surface area contributed by atoms with Crippen LogP contribution in [0.5, 0.6) is 0 Å². The summed E-state index contributed by atoms with van der Waals surface area (Å²) in [5.41, 5.74) is 15.4. The first-order valence-electron chi connectivity index (χ1n) is 18.5. The van der Waals surface area contributed by atoms with E-state index in [-0.39, 0.29) is 0 Å². The molecule has 248 valence electrons. The number of para-hydroxylation sites is 1. The molecule has 2 aliphatic rings. The summed E-state index contributed by atoms with van der Waals surface area (Å²) < 4.78 is 2.51. The van der Waals surface area contributed by atoms with Crippen LogP contribution in [-0.2, 0) is 6.42 Å². The van der Waals surface area contributed by atoms with Gasteiger partial charge in [-0.2, -0.15) is 0 Å². The number of allylic oxidation sites excluding steroid dienone is 5. The first-order valence-corrected chi connectivity index (χ1v) is 18.5. The maximum atomic E-state index is 2.51. The van der Waals surface area contributed by atoms with Crippen molar-refractivity contribution in [3.63, 3.8) is 0 Å². The topological polar surface area (TPSA) is 8.17 Å². The highest BCUT2D eigenvalue weighted by Crippen LogP contribution is 2.42. The average molecular weight is 667 g/mol. The van der Waals surface area contributed by atoms with Crippen LogP contribution < -0.4 is 4.90 Å². The maximum Gasteiger partial charge on any atom is 0.0544 e. The van der Waals surface area contributed by atoms with Crippen LogP contribution in [0.1, 0.15) is 36.0 Å². The van der Waals surface area contributed by atoms with Crippen molar-refractivity contribution in [3.8, 4) is 11.1 Å². The number of aromatic nitrogens is 1. The molecule has 0 radical (unpaired) electrons. The molecule has 0 aliphatic heterocycles. The van der Waals surface area contributed by atoms with E-state index in [4.69, 9.17) is 0 Å². The van der Waals surface area contributed by atoms with E-state index in [1.807, 2.05) is 0 Å². The molecular formula is C50H38N2. The van der Waals surface area contributed by atoms with Crippen molar-refractivity contribution >= 4 is 67.0 Å². The summed E-state index contributed by atoms with van der Waals surface area (Å²) in [7, 11) is 0. The van der Waals surface area contributed by atoms with Crippen LogP contribution in [0.15, 0.2) is 176 Å². The monoisotopic (exact) mass is 666 g/mol. The van der Waals surface area contributed by atoms with Crippen molar-refractivity contribution in [1.29, 1.82) is 0 Å². The molecule has 2 nitrogen and oxygen atoms in total. The van der Waals surface area contributed by atoms with Crippen LogP contribution in [0.4, 0.5) is 17.1 Å². The van der Waals surface area contributed by atoms with Gasteiger partial charge < -0.3 is 9.47 Å². The molecule has 1 aromatic heterocycles. The van der Waals surface area contributed by atoms with Gasteiger partial charge in [-0.15, -0.1) is 0 Å². The number of hydrogen-bond acceptors (Lipinski definition) is 1. The fraction of sp³-hybridized carbons (Fsp3) is 0.0800. The van der Waals surface area contributed by atoms with Gasteiger partial charge in [0.05, 0.1) is 16.7 Å². The van der Waals surface area contributed by atoms with Crippen LogP contribution in [0.25, 0.3) is 61.1 Å². The van der Waals surface area contributed by atoms with Crippen molar-refractivity contribution < 1.29 is 0 Å². The Hall–Kier alpha value is -6.38. The van der Waals surface area contributed by atoms with Gasteiger partial charge in [0.2, 0.25) is 0 Å². The molecule has 2 aliphatic carbocycles. The summed E-state index contributed by atoms with van der Waals surface area (Å²) in [5, 5.41) is 5.20. The Morgan fingerprint density at radius 1 is 0.481 bits per heavy atom. The van der Waals surface area contributed by atoms with E-state index in [9.17, 15) is 0 Å². The van der Waals surface area contributed by atoms with Crippen molar-refractivity contribution in [1.82, 2.24) is 4.57 Å². The Bertz CT molecular complexity index is 2700. The summed E-state index contributed by atoms with van der Waals surface area (Å²) in [6.45, 7) is 0. The first kappa shape index (κ1) is 30.4. The van der Waals surface area contributed by atoms with Gasteiger partial charge in [-0.1, -0.05) is 133 Å². The van der Waals surface area contributed by atoms with E-state index in [0.29, 0.717) is 0 Å². The lowest BCUT2D eigenvalue weighted by Gasteiger charge is -2.27. The molecule has 0 spiro atoms. The van der Waals surface area contributed by atoms with Gasteiger partial charge in [-0.25, -0.2) is 0 Å². The summed E-state index contributed by atoms with van der Waals surface area (Å²) in [5.74, 6) is 0. The number of nitrogens with zero attached hydrogens (tertiary/aromatic N) is 2. The van der Waals surface area contributed by atoms with Crippen LogP contribution in [0, 0.1) is 0 Å². The highest BCUT2D eigenvalue weighted by Gasteiger charge is 2.21. The summed E-state index contributed by atoms with van der Waals surface area (Å²) >= 11 is 0. The van der Waals surface area contributed by atoms with Crippen LogP contribution in [0.2, 0.25) is 0 Å². The Kier molecular flexibility index (Phi) is 7.46. The number of hydrogen-bond donors (Lipinski definition) is 0. The quantitative estimate of drug-likeness (QED) is 0.171. The SMILES string of the molecule is C1=Cc2c(ccc3c2c2ccccc2n3C2=CC=C(c3ccc(N(c4ccc(-c5ccccc5)cc4)c4cccc5ccccc45)cc3)CC2)CC1. The second-order valence-electron chi connectivity index (χ2n) is 14.0. The largest absolute Gasteiger partial charge is 0.313 e. The Labute approximate surface area is 304 Å². The predicted octanol–water partition coefficient (Wildman–Crippen LogP) is 13.8. The van der Waals surface area contributed by atoms with Crippen LogP contribution in [0.3, 0.4) is 0 Å². The lowest BCUT2D eigenvalue weighted by Crippen LogP contribution is -2.10. The van der Waals surface area contributed by atoms with Gasteiger partial charge in [0.25, 0.3) is 0 Å². The Morgan fingerprint density at radius 3 is 1.96 bits per heavy atom. The van der Waals surface area contributed by atoms with Gasteiger partial charge in [0, 0.05) is 33.2 Å². The number of fused-ring (bicyclic) bond motifs is 6. The maximum absolute atomic E-state index is 2.51. The van der Waals surface area contributed by atoms with E-state index in [1.165, 1.54) is 77.4 Å². The third kappa shape index (κ3) is 5.18. The molecule has 7 aromatic carbocycles. The fourth-order valence-electron chi connectivity index (χ4n) is 8.43. The zero-order valence-corrected chi connectivity index (χ0v) is 29.0. The zero-order chi connectivity index (χ0) is 34.4. The molecule has 0 saturated heterocycles. The Balaban J connectivity index is 1.02. The van der Waals surface area contributed by atoms with Gasteiger partial charge >= 0.3 is 0 Å². The van der Waals surface area contributed by atoms with Crippen LogP contribution >= 0.6 is 0 Å². The third-order valence-electron chi connectivity index (χ3n) is 11.0. The first-order chi connectivity index (χ1) is 25.8. The highest BCUT2D eigenvalue weighted by atomic mass is 15.1. The summed E-state index contributed by atoms with van der Waals surface area (Å²) in [4.78, 5) is 2.39. The molecule has 52 heavy (non-hydrogen) atoms. The van der Waals surface area contributed by atoms with E-state index in [1.54, 1.807) is 0 Å². The van der Waals surface area contributed by atoms with Gasteiger partial charge in [-0.05, 0) is 113 Å². The van der Waals surface area contributed by atoms with Crippen molar-refractivity contribution in [2.24, 2.45) is 0 Å². The normalized spacial score (nSPS) is 14.0. The minimum absolute atomic E-state index is 0.990. The molecule has 0 N–H and O–H groups in total. The molecule has 2 heteroatoms. The number of benzene rings is 7. The van der Waals surface area contributed by atoms with E-state index < -0.39 is 0 Å². The molecule has 8 aromatic rings. The molecule has 0 bridgehead atoms. The standard InChI is InChI=1S/C50H38N2/c1-2-11-35(12-3-1)36-21-28-41(29-22-36)51(47-20-10-15-39-13-4-6-16-44(39)47)42-30-23-37(24-31-42)38-25-32-43(33-26-38)52-48-19-9-8-18-46(48)50-45-17-7-5-14-40(45)27-34-49(50)52/h1-4,6-13,15-25,27-32,34H,5,14,26,33H2. The van der Waals surface area contributed by atoms with Crippen molar-refractivity contribution in [3.05, 3.63) is 193 Å². The molecule has 0 amide bonds. The number of aryl methyl sites for hydroxylation is 1. The minimum atomic E-state index is 0.990. The van der Waals surface area contributed by atoms with E-state index in [2.05, 4.69) is 191 Å². The lowest BCUT2D eigenvalue weighted by atomic mass is 9.93. The molecule has 0 atom stereocenters. The van der Waals surface area contributed by atoms with Crippen molar-refractivity contribution in [2.75, 3.05) is 4.90 Å². The predicted molar refractivity (Wildman–Crippen MR) is 222 cm³/mol. The smallest absolute Gasteiger partial charge is 0.0544 e. The van der Waals surface area contributed by atoms with Crippen molar-refractivity contribution in [2.45, 2.75) is 25.7 Å². The number of anilines is 3. The fourth-order valence-corrected chi connectivity index (χ4v) is 8.43. The summed E-state index contributed by atoms with van der Waals surface area (Å²) in [6, 6.07) is 57.6. The molecular weight excluding hydrogens is 629 g/mol. The van der Waals surface area contributed by atoms with Gasteiger partial charge in [0.15, 0.2) is 0 Å². The summed E-state index contributed by atoms with van der Waals surface area (Å²) in [6.07, 6.45) is 13.6. The molecule has 0 fully saturated rings. The third-order valence-corrected chi connectivity index (χ3v) is 11.0. The van der Waals surface area contributed by atoms with Crippen LogP contribution in [-0.4, -0.2) is 4.57 Å². The molecule has 1 heterocycles. The average Bonchev–Trinajstić information content (AvgIpc) is 3.57. The van der Waals surface area contributed by atoms with Gasteiger partial charge in [0.1, 0.15) is 0 Å². The minimum Gasteiger partial charge on any atom is -0.313 e. The second-order valence-corrected chi connectivity index (χ2v) is 14.0. The lowest BCUT2D eigenvalue weighted by molar-refractivity contribution is 0.983. The highest BCUT2D eigenvalue weighted by molar-refractivity contribution is 6.14. The number of rotatable bonds is 6. The molecule has 10 rings (SSSR count). The molecule has 0 unspecified atom stereocenters. The van der Waals surface area contributed by atoms with E-state index >= 15 is 0 Å². The van der Waals surface area contributed by atoms with Gasteiger partial charge in [-0.3, -0.25) is 0 Å². The zero-order valence-electron chi connectivity index (χ0n) is 29.0. The Morgan fingerprint density at radius 2 is 1.17 bits per heavy atom. The second kappa shape index (κ2) is 12.7.